The third-order valence-electron chi connectivity index (χ3n) is 3.48. The molecule has 2 N–H and O–H groups in total. The molecule has 0 unspecified atom stereocenters. The van der Waals surface area contributed by atoms with Crippen molar-refractivity contribution in [3.8, 4) is 5.75 Å². The van der Waals surface area contributed by atoms with Crippen LogP contribution in [0.1, 0.15) is 16.7 Å². The Balaban J connectivity index is 0.00000338. The van der Waals surface area contributed by atoms with E-state index in [9.17, 15) is 13.2 Å². The van der Waals surface area contributed by atoms with E-state index in [1.54, 1.807) is 31.3 Å². The number of halogens is 4. The quantitative estimate of drug-likeness (QED) is 0.371. The number of hydrogen-bond acceptors (Lipinski definition) is 2. The summed E-state index contributed by atoms with van der Waals surface area (Å²) in [5, 5.41) is 6.13. The molecule has 0 spiro atoms. The molecule has 0 heterocycles. The molecule has 0 fully saturated rings. The van der Waals surface area contributed by atoms with Crippen LogP contribution in [0.5, 0.6) is 5.75 Å². The average molecular weight is 479 g/mol. The minimum atomic E-state index is -2.88. The van der Waals surface area contributed by atoms with E-state index < -0.39 is 6.61 Å². The van der Waals surface area contributed by atoms with Crippen LogP contribution in [0, 0.1) is 12.7 Å². The van der Waals surface area contributed by atoms with Crippen LogP contribution < -0.4 is 15.4 Å². The summed E-state index contributed by atoms with van der Waals surface area (Å²) in [6, 6.07) is 11.1. The van der Waals surface area contributed by atoms with Crippen LogP contribution in [-0.2, 0) is 13.1 Å². The van der Waals surface area contributed by atoms with E-state index in [1.165, 1.54) is 18.2 Å². The Morgan fingerprint density at radius 3 is 2.35 bits per heavy atom. The van der Waals surface area contributed by atoms with Crippen LogP contribution in [0.4, 0.5) is 13.2 Å². The van der Waals surface area contributed by atoms with Gasteiger partial charge in [0.15, 0.2) is 5.96 Å². The fourth-order valence-electron chi connectivity index (χ4n) is 2.24. The van der Waals surface area contributed by atoms with E-state index in [0.29, 0.717) is 18.1 Å². The van der Waals surface area contributed by atoms with Crippen molar-refractivity contribution >= 4 is 29.9 Å². The van der Waals surface area contributed by atoms with Gasteiger partial charge in [0, 0.05) is 25.7 Å². The molecule has 0 atom stereocenters. The van der Waals surface area contributed by atoms with Gasteiger partial charge in [-0.15, -0.1) is 24.0 Å². The minimum absolute atomic E-state index is 0. The van der Waals surface area contributed by atoms with Crippen molar-refractivity contribution in [2.45, 2.75) is 26.6 Å². The molecule has 0 amide bonds. The summed E-state index contributed by atoms with van der Waals surface area (Å²) in [4.78, 5) is 4.08. The van der Waals surface area contributed by atoms with Crippen molar-refractivity contribution in [3.05, 3.63) is 65.0 Å². The van der Waals surface area contributed by atoms with Gasteiger partial charge >= 0.3 is 6.61 Å². The predicted molar refractivity (Wildman–Crippen MR) is 107 cm³/mol. The lowest BCUT2D eigenvalue weighted by atomic mass is 10.1. The van der Waals surface area contributed by atoms with Gasteiger partial charge in [-0.3, -0.25) is 4.99 Å². The van der Waals surface area contributed by atoms with E-state index in [0.717, 1.165) is 11.1 Å². The van der Waals surface area contributed by atoms with Gasteiger partial charge in [-0.1, -0.05) is 29.8 Å². The maximum atomic E-state index is 12.9. The molecule has 2 aromatic carbocycles. The maximum Gasteiger partial charge on any atom is 0.387 e. The first kappa shape index (κ1) is 22.1. The molecule has 0 saturated carbocycles. The third-order valence-corrected chi connectivity index (χ3v) is 3.48. The number of rotatable bonds is 6. The van der Waals surface area contributed by atoms with Gasteiger partial charge in [-0.2, -0.15) is 8.78 Å². The lowest BCUT2D eigenvalue weighted by Crippen LogP contribution is -2.36. The van der Waals surface area contributed by atoms with Crippen LogP contribution in [0.3, 0.4) is 0 Å². The summed E-state index contributed by atoms with van der Waals surface area (Å²) in [5.41, 5.74) is 2.43. The minimum Gasteiger partial charge on any atom is -0.434 e. The van der Waals surface area contributed by atoms with E-state index in [1.807, 2.05) is 6.92 Å². The molecule has 0 bridgehead atoms. The van der Waals surface area contributed by atoms with E-state index in [2.05, 4.69) is 20.4 Å². The summed E-state index contributed by atoms with van der Waals surface area (Å²) >= 11 is 0. The molecule has 4 nitrogen and oxygen atoms in total. The molecule has 0 aliphatic carbocycles. The Kier molecular flexibility index (Phi) is 9.25. The Morgan fingerprint density at radius 1 is 1.08 bits per heavy atom. The highest BCUT2D eigenvalue weighted by Crippen LogP contribution is 2.21. The second-order valence-corrected chi connectivity index (χ2v) is 5.40. The van der Waals surface area contributed by atoms with Crippen LogP contribution in [0.15, 0.2) is 47.5 Å². The number of alkyl halides is 2. The zero-order valence-electron chi connectivity index (χ0n) is 14.4. The summed E-state index contributed by atoms with van der Waals surface area (Å²) in [6.45, 7) is -0.282. The first-order valence-electron chi connectivity index (χ1n) is 7.71. The van der Waals surface area contributed by atoms with Gasteiger partial charge < -0.3 is 15.4 Å². The second kappa shape index (κ2) is 10.9. The second-order valence-electron chi connectivity index (χ2n) is 5.40. The monoisotopic (exact) mass is 479 g/mol. The van der Waals surface area contributed by atoms with Crippen molar-refractivity contribution in [3.63, 3.8) is 0 Å². The highest BCUT2D eigenvalue weighted by Gasteiger charge is 2.10. The first-order valence-corrected chi connectivity index (χ1v) is 7.71. The Hall–Kier alpha value is -1.97. The zero-order chi connectivity index (χ0) is 18.2. The average Bonchev–Trinajstić information content (AvgIpc) is 2.58. The number of nitrogens with zero attached hydrogens (tertiary/aromatic N) is 1. The Bertz CT molecular complexity index is 724. The molecule has 142 valence electrons. The summed E-state index contributed by atoms with van der Waals surface area (Å²) < 4.78 is 42.4. The SMILES string of the molecule is CN=C(NCc1ccc(F)cc1)NCc1cc(C)ccc1OC(F)F.I. The van der Waals surface area contributed by atoms with Crippen molar-refractivity contribution in [1.82, 2.24) is 10.6 Å². The van der Waals surface area contributed by atoms with Crippen LogP contribution >= 0.6 is 24.0 Å². The van der Waals surface area contributed by atoms with Crippen LogP contribution in [0.25, 0.3) is 0 Å². The maximum absolute atomic E-state index is 12.9. The fourth-order valence-corrected chi connectivity index (χ4v) is 2.24. The summed E-state index contributed by atoms with van der Waals surface area (Å²) in [6.07, 6.45) is 0. The molecule has 8 heteroatoms. The molecule has 2 aromatic rings. The highest BCUT2D eigenvalue weighted by molar-refractivity contribution is 14.0. The number of ether oxygens (including phenoxy) is 1. The number of benzene rings is 2. The van der Waals surface area contributed by atoms with Gasteiger partial charge in [0.2, 0.25) is 0 Å². The standard InChI is InChI=1S/C18H20F3N3O.HI/c1-12-3-8-16(25-17(20)21)14(9-12)11-24-18(22-2)23-10-13-4-6-15(19)7-5-13;/h3-9,17H,10-11H2,1-2H3,(H2,22,23,24);1H. The predicted octanol–water partition coefficient (Wildman–Crippen LogP) is 4.22. The molecule has 0 aliphatic heterocycles. The fraction of sp³-hybridized carbons (Fsp3) is 0.278. The number of hydrogen-bond donors (Lipinski definition) is 2. The van der Waals surface area contributed by atoms with E-state index in [4.69, 9.17) is 0 Å². The molecule has 0 aliphatic rings. The lowest BCUT2D eigenvalue weighted by molar-refractivity contribution is -0.0504. The molecule has 0 aromatic heterocycles. The summed E-state index contributed by atoms with van der Waals surface area (Å²) in [5.74, 6) is 0.327. The number of nitrogens with one attached hydrogen (secondary N) is 2. The third kappa shape index (κ3) is 7.11. The molecule has 26 heavy (non-hydrogen) atoms. The van der Waals surface area contributed by atoms with Gasteiger partial charge in [0.25, 0.3) is 0 Å². The van der Waals surface area contributed by atoms with Crippen molar-refractivity contribution < 1.29 is 17.9 Å². The van der Waals surface area contributed by atoms with Gasteiger partial charge in [-0.25, -0.2) is 4.39 Å². The Morgan fingerprint density at radius 2 is 1.73 bits per heavy atom. The van der Waals surface area contributed by atoms with Crippen LogP contribution in [0.2, 0.25) is 0 Å². The molecule has 2 rings (SSSR count). The van der Waals surface area contributed by atoms with Crippen molar-refractivity contribution in [2.24, 2.45) is 4.99 Å². The highest BCUT2D eigenvalue weighted by atomic mass is 127. The van der Waals surface area contributed by atoms with E-state index in [-0.39, 0.29) is 42.1 Å². The van der Waals surface area contributed by atoms with E-state index >= 15 is 0 Å². The number of aryl methyl sites for hydroxylation is 1. The van der Waals surface area contributed by atoms with Gasteiger partial charge in [0.05, 0.1) is 0 Å². The summed E-state index contributed by atoms with van der Waals surface area (Å²) in [7, 11) is 1.60. The number of aliphatic imine (C=N–C) groups is 1. The largest absolute Gasteiger partial charge is 0.434 e. The topological polar surface area (TPSA) is 45.7 Å². The van der Waals surface area contributed by atoms with Gasteiger partial charge in [0.1, 0.15) is 11.6 Å². The van der Waals surface area contributed by atoms with Crippen LogP contribution in [-0.4, -0.2) is 19.6 Å². The van der Waals surface area contributed by atoms with Gasteiger partial charge in [-0.05, 0) is 30.7 Å². The normalized spacial score (nSPS) is 11.1. The smallest absolute Gasteiger partial charge is 0.387 e. The molecule has 0 radical (unpaired) electrons. The lowest BCUT2D eigenvalue weighted by Gasteiger charge is -2.15. The number of guanidine groups is 1. The molecular weight excluding hydrogens is 458 g/mol. The molecular formula is C18H21F3IN3O. The van der Waals surface area contributed by atoms with Crippen molar-refractivity contribution in [1.29, 1.82) is 0 Å². The molecule has 0 saturated heterocycles. The Labute approximate surface area is 167 Å². The zero-order valence-corrected chi connectivity index (χ0v) is 16.8. The first-order chi connectivity index (χ1) is 12.0. The van der Waals surface area contributed by atoms with Crippen molar-refractivity contribution in [2.75, 3.05) is 7.05 Å².